The molecule has 0 aliphatic carbocycles. The average molecular weight is 275 g/mol. The Balaban J connectivity index is 2.38. The molecule has 0 fully saturated rings. The number of carbonyl (C=O) groups excluding carboxylic acids is 1. The van der Waals surface area contributed by atoms with E-state index in [0.717, 1.165) is 17.1 Å². The zero-order chi connectivity index (χ0) is 14.7. The Morgan fingerprint density at radius 2 is 1.95 bits per heavy atom. The van der Waals surface area contributed by atoms with E-state index in [1.807, 2.05) is 24.5 Å². The molecule has 106 valence electrons. The van der Waals surface area contributed by atoms with Crippen LogP contribution in [-0.2, 0) is 0 Å². The average Bonchev–Trinajstić information content (AvgIpc) is 2.73. The lowest BCUT2D eigenvalue weighted by Gasteiger charge is -2.10. The fourth-order valence-electron chi connectivity index (χ4n) is 2.26. The molecule has 0 bridgehead atoms. The molecule has 0 aliphatic heterocycles. The van der Waals surface area contributed by atoms with Gasteiger partial charge in [-0.25, -0.2) is 4.39 Å². The number of nitrogens with one attached hydrogen (secondary N) is 1. The lowest BCUT2D eigenvalue weighted by atomic mass is 10.2. The fraction of sp³-hybridized carbons (Fsp3) is 0.267. The van der Waals surface area contributed by atoms with E-state index >= 15 is 0 Å². The van der Waals surface area contributed by atoms with Crippen LogP contribution in [0.5, 0.6) is 0 Å². The highest BCUT2D eigenvalue weighted by Crippen LogP contribution is 2.21. The van der Waals surface area contributed by atoms with Crippen molar-refractivity contribution in [1.82, 2.24) is 9.88 Å². The Morgan fingerprint density at radius 1 is 1.30 bits per heavy atom. The first-order chi connectivity index (χ1) is 9.54. The molecule has 0 saturated heterocycles. The topological polar surface area (TPSA) is 60.1 Å². The van der Waals surface area contributed by atoms with Crippen molar-refractivity contribution >= 4 is 5.91 Å². The number of benzene rings is 1. The minimum atomic E-state index is -0.280. The molecule has 0 saturated carbocycles. The lowest BCUT2D eigenvalue weighted by Crippen LogP contribution is -2.29. The van der Waals surface area contributed by atoms with Crippen molar-refractivity contribution < 1.29 is 9.18 Å². The summed E-state index contributed by atoms with van der Waals surface area (Å²) in [5.74, 6) is -0.422. The van der Waals surface area contributed by atoms with Crippen LogP contribution >= 0.6 is 0 Å². The van der Waals surface area contributed by atoms with Crippen LogP contribution in [0.3, 0.4) is 0 Å². The molecule has 1 heterocycles. The number of aromatic nitrogens is 1. The van der Waals surface area contributed by atoms with E-state index in [9.17, 15) is 9.18 Å². The van der Waals surface area contributed by atoms with E-state index in [1.54, 1.807) is 12.1 Å². The number of nitrogens with zero attached hydrogens (tertiary/aromatic N) is 1. The molecule has 3 N–H and O–H groups in total. The van der Waals surface area contributed by atoms with Crippen LogP contribution in [-0.4, -0.2) is 23.6 Å². The minimum Gasteiger partial charge on any atom is -0.351 e. The first-order valence-electron chi connectivity index (χ1n) is 6.47. The second kappa shape index (κ2) is 5.88. The van der Waals surface area contributed by atoms with Crippen LogP contribution in [0, 0.1) is 19.7 Å². The van der Waals surface area contributed by atoms with Gasteiger partial charge in [0.1, 0.15) is 5.82 Å². The van der Waals surface area contributed by atoms with Crippen LogP contribution in [0.25, 0.3) is 5.69 Å². The third-order valence-corrected chi connectivity index (χ3v) is 3.19. The maximum Gasteiger partial charge on any atom is 0.253 e. The number of nitrogens with two attached hydrogens (primary N) is 1. The molecule has 0 spiro atoms. The lowest BCUT2D eigenvalue weighted by molar-refractivity contribution is 0.0954. The SMILES string of the molecule is Cc1cc(C(=O)NCCN)c(C)n1-c1ccc(F)cc1. The molecule has 1 amide bonds. The fourth-order valence-corrected chi connectivity index (χ4v) is 2.26. The normalized spacial score (nSPS) is 10.6. The van der Waals surface area contributed by atoms with E-state index in [0.29, 0.717) is 18.7 Å². The Morgan fingerprint density at radius 3 is 2.55 bits per heavy atom. The molecule has 1 aromatic heterocycles. The van der Waals surface area contributed by atoms with Crippen LogP contribution in [0.2, 0.25) is 0 Å². The van der Waals surface area contributed by atoms with Crippen molar-refractivity contribution in [3.05, 3.63) is 53.1 Å². The zero-order valence-corrected chi connectivity index (χ0v) is 11.6. The molecule has 1 aromatic carbocycles. The quantitative estimate of drug-likeness (QED) is 0.895. The molecule has 0 atom stereocenters. The summed E-state index contributed by atoms with van der Waals surface area (Å²) in [6, 6.07) is 8.02. The van der Waals surface area contributed by atoms with Gasteiger partial charge in [-0.3, -0.25) is 4.79 Å². The van der Waals surface area contributed by atoms with Crippen molar-refractivity contribution in [1.29, 1.82) is 0 Å². The summed E-state index contributed by atoms with van der Waals surface area (Å²) in [7, 11) is 0. The number of carbonyl (C=O) groups is 1. The second-order valence-corrected chi connectivity index (χ2v) is 4.64. The summed E-state index contributed by atoms with van der Waals surface area (Å²) < 4.78 is 14.9. The predicted octanol–water partition coefficient (Wildman–Crippen LogP) is 1.92. The summed E-state index contributed by atoms with van der Waals surface area (Å²) in [5.41, 5.74) is 8.57. The highest BCUT2D eigenvalue weighted by Gasteiger charge is 2.16. The Labute approximate surface area is 117 Å². The first-order valence-corrected chi connectivity index (χ1v) is 6.47. The number of hydrogen-bond acceptors (Lipinski definition) is 2. The third-order valence-electron chi connectivity index (χ3n) is 3.19. The second-order valence-electron chi connectivity index (χ2n) is 4.64. The number of amides is 1. The molecule has 2 aromatic rings. The molecule has 5 heteroatoms. The molecule has 0 aliphatic rings. The van der Waals surface area contributed by atoms with E-state index < -0.39 is 0 Å². The van der Waals surface area contributed by atoms with Gasteiger partial charge < -0.3 is 15.6 Å². The van der Waals surface area contributed by atoms with E-state index in [2.05, 4.69) is 5.32 Å². The van der Waals surface area contributed by atoms with Gasteiger partial charge in [0.2, 0.25) is 0 Å². The smallest absolute Gasteiger partial charge is 0.253 e. The van der Waals surface area contributed by atoms with Gasteiger partial charge in [-0.15, -0.1) is 0 Å². The van der Waals surface area contributed by atoms with Gasteiger partial charge in [-0.1, -0.05) is 0 Å². The summed E-state index contributed by atoms with van der Waals surface area (Å²) in [6.45, 7) is 4.63. The monoisotopic (exact) mass is 275 g/mol. The molecular weight excluding hydrogens is 257 g/mol. The number of hydrogen-bond donors (Lipinski definition) is 2. The standard InChI is InChI=1S/C15H18FN3O/c1-10-9-14(15(20)18-8-7-17)11(2)19(10)13-5-3-12(16)4-6-13/h3-6,9H,7-8,17H2,1-2H3,(H,18,20). The van der Waals surface area contributed by atoms with Gasteiger partial charge >= 0.3 is 0 Å². The van der Waals surface area contributed by atoms with Crippen molar-refractivity contribution in [2.75, 3.05) is 13.1 Å². The summed E-state index contributed by atoms with van der Waals surface area (Å²) in [6.07, 6.45) is 0. The summed E-state index contributed by atoms with van der Waals surface area (Å²) in [4.78, 5) is 12.0. The highest BCUT2D eigenvalue weighted by atomic mass is 19.1. The van der Waals surface area contributed by atoms with Gasteiger partial charge in [0, 0.05) is 30.2 Å². The zero-order valence-electron chi connectivity index (χ0n) is 11.6. The van der Waals surface area contributed by atoms with Gasteiger partial charge in [-0.05, 0) is 44.2 Å². The predicted molar refractivity (Wildman–Crippen MR) is 76.6 cm³/mol. The first kappa shape index (κ1) is 14.3. The van der Waals surface area contributed by atoms with Gasteiger partial charge in [0.15, 0.2) is 0 Å². The van der Waals surface area contributed by atoms with Crippen LogP contribution in [0.15, 0.2) is 30.3 Å². The van der Waals surface area contributed by atoms with Crippen molar-refractivity contribution in [3.8, 4) is 5.69 Å². The van der Waals surface area contributed by atoms with Crippen LogP contribution in [0.1, 0.15) is 21.7 Å². The molecule has 4 nitrogen and oxygen atoms in total. The Hall–Kier alpha value is -2.14. The highest BCUT2D eigenvalue weighted by molar-refractivity contribution is 5.95. The van der Waals surface area contributed by atoms with Gasteiger partial charge in [0.05, 0.1) is 5.56 Å². The number of rotatable bonds is 4. The van der Waals surface area contributed by atoms with Gasteiger partial charge in [0.25, 0.3) is 5.91 Å². The summed E-state index contributed by atoms with van der Waals surface area (Å²) >= 11 is 0. The van der Waals surface area contributed by atoms with Gasteiger partial charge in [-0.2, -0.15) is 0 Å². The number of aryl methyl sites for hydroxylation is 1. The Bertz CT molecular complexity index is 617. The maximum atomic E-state index is 13.0. The molecule has 2 rings (SSSR count). The maximum absolute atomic E-state index is 13.0. The molecule has 20 heavy (non-hydrogen) atoms. The van der Waals surface area contributed by atoms with Crippen molar-refractivity contribution in [3.63, 3.8) is 0 Å². The Kier molecular flexibility index (Phi) is 4.20. The molecular formula is C15H18FN3O. The van der Waals surface area contributed by atoms with E-state index in [1.165, 1.54) is 12.1 Å². The third kappa shape index (κ3) is 2.72. The van der Waals surface area contributed by atoms with E-state index in [4.69, 9.17) is 5.73 Å². The van der Waals surface area contributed by atoms with Crippen LogP contribution in [0.4, 0.5) is 4.39 Å². The molecule has 0 radical (unpaired) electrons. The van der Waals surface area contributed by atoms with E-state index in [-0.39, 0.29) is 11.7 Å². The minimum absolute atomic E-state index is 0.142. The number of halogens is 1. The van der Waals surface area contributed by atoms with Crippen LogP contribution < -0.4 is 11.1 Å². The largest absolute Gasteiger partial charge is 0.351 e. The van der Waals surface area contributed by atoms with Crippen molar-refractivity contribution in [2.45, 2.75) is 13.8 Å². The molecule has 0 unspecified atom stereocenters. The summed E-state index contributed by atoms with van der Waals surface area (Å²) in [5, 5.41) is 2.75. The van der Waals surface area contributed by atoms with Crippen molar-refractivity contribution in [2.24, 2.45) is 5.73 Å².